The van der Waals surface area contributed by atoms with E-state index in [2.05, 4.69) is 5.32 Å². The van der Waals surface area contributed by atoms with Gasteiger partial charge in [0.1, 0.15) is 0 Å². The predicted octanol–water partition coefficient (Wildman–Crippen LogP) is 4.79. The molecule has 0 radical (unpaired) electrons. The monoisotopic (exact) mass is 376 g/mol. The van der Waals surface area contributed by atoms with Crippen molar-refractivity contribution in [3.8, 4) is 0 Å². The first-order valence-corrected chi connectivity index (χ1v) is 8.87. The van der Waals surface area contributed by atoms with Gasteiger partial charge in [0.15, 0.2) is 0 Å². The Kier molecular flexibility index (Phi) is 5.30. The normalized spacial score (nSPS) is 13.8. The zero-order chi connectivity index (χ0) is 18.0. The van der Waals surface area contributed by atoms with Crippen molar-refractivity contribution in [1.82, 2.24) is 4.90 Å². The van der Waals surface area contributed by atoms with Gasteiger partial charge in [0, 0.05) is 28.7 Å². The van der Waals surface area contributed by atoms with Crippen LogP contribution in [0.15, 0.2) is 36.4 Å². The zero-order valence-electron chi connectivity index (χ0n) is 13.8. The van der Waals surface area contributed by atoms with Crippen LogP contribution in [0.4, 0.5) is 5.69 Å². The van der Waals surface area contributed by atoms with E-state index in [1.165, 1.54) is 0 Å². The molecule has 0 unspecified atom stereocenters. The summed E-state index contributed by atoms with van der Waals surface area (Å²) in [5.41, 5.74) is 2.21. The largest absolute Gasteiger partial charge is 0.339 e. The number of aryl methyl sites for hydroxylation is 1. The fourth-order valence-electron chi connectivity index (χ4n) is 3.01. The van der Waals surface area contributed by atoms with Crippen molar-refractivity contribution < 1.29 is 9.59 Å². The number of anilines is 1. The summed E-state index contributed by atoms with van der Waals surface area (Å²) < 4.78 is 0. The van der Waals surface area contributed by atoms with Crippen LogP contribution in [0.3, 0.4) is 0 Å². The fourth-order valence-corrected chi connectivity index (χ4v) is 3.54. The number of nitrogens with one attached hydrogen (secondary N) is 1. The number of benzene rings is 2. The molecule has 130 valence electrons. The molecule has 25 heavy (non-hydrogen) atoms. The Labute approximate surface area is 156 Å². The van der Waals surface area contributed by atoms with E-state index in [0.717, 1.165) is 31.5 Å². The molecule has 0 aliphatic carbocycles. The molecule has 1 aliphatic rings. The van der Waals surface area contributed by atoms with Crippen LogP contribution < -0.4 is 5.32 Å². The lowest BCUT2D eigenvalue weighted by atomic mass is 10.0. The van der Waals surface area contributed by atoms with Crippen molar-refractivity contribution in [3.63, 3.8) is 0 Å². The molecule has 1 N–H and O–H groups in total. The second-order valence-corrected chi connectivity index (χ2v) is 6.98. The van der Waals surface area contributed by atoms with E-state index in [1.807, 2.05) is 24.0 Å². The average molecular weight is 377 g/mol. The highest BCUT2D eigenvalue weighted by Gasteiger charge is 2.24. The molecule has 3 rings (SSSR count). The number of hydrogen-bond donors (Lipinski definition) is 1. The Bertz CT molecular complexity index is 810. The molecule has 0 bridgehead atoms. The summed E-state index contributed by atoms with van der Waals surface area (Å²) in [6.45, 7) is 3.38. The van der Waals surface area contributed by atoms with Crippen molar-refractivity contribution in [3.05, 3.63) is 63.1 Å². The fraction of sp³-hybridized carbons (Fsp3) is 0.263. The first-order chi connectivity index (χ1) is 12.0. The number of amides is 2. The molecule has 2 amide bonds. The molecule has 1 aliphatic heterocycles. The van der Waals surface area contributed by atoms with Gasteiger partial charge in [-0.1, -0.05) is 35.3 Å². The molecule has 1 saturated heterocycles. The van der Waals surface area contributed by atoms with Crippen LogP contribution in [0.1, 0.15) is 39.1 Å². The summed E-state index contributed by atoms with van der Waals surface area (Å²) in [5, 5.41) is 3.59. The molecule has 0 atom stereocenters. The van der Waals surface area contributed by atoms with Gasteiger partial charge < -0.3 is 10.2 Å². The first-order valence-electron chi connectivity index (χ1n) is 8.12. The van der Waals surface area contributed by atoms with Crippen molar-refractivity contribution in [1.29, 1.82) is 0 Å². The summed E-state index contributed by atoms with van der Waals surface area (Å²) in [5.74, 6) is -0.402. The van der Waals surface area contributed by atoms with E-state index < -0.39 is 0 Å². The molecule has 2 aromatic carbocycles. The number of carbonyl (C=O) groups excluding carboxylic acids is 2. The second kappa shape index (κ2) is 7.46. The molecular weight excluding hydrogens is 359 g/mol. The van der Waals surface area contributed by atoms with Crippen molar-refractivity contribution in [2.24, 2.45) is 0 Å². The van der Waals surface area contributed by atoms with Gasteiger partial charge in [-0.25, -0.2) is 0 Å². The second-order valence-electron chi connectivity index (χ2n) is 6.11. The minimum Gasteiger partial charge on any atom is -0.339 e. The smallest absolute Gasteiger partial charge is 0.256 e. The van der Waals surface area contributed by atoms with E-state index in [-0.39, 0.29) is 11.8 Å². The molecular formula is C19H18Cl2N2O2. The van der Waals surface area contributed by atoms with E-state index in [9.17, 15) is 9.59 Å². The summed E-state index contributed by atoms with van der Waals surface area (Å²) in [6.07, 6.45) is 2.03. The topological polar surface area (TPSA) is 49.4 Å². The van der Waals surface area contributed by atoms with E-state index in [1.54, 1.807) is 24.3 Å². The Hall–Kier alpha value is -2.04. The van der Waals surface area contributed by atoms with Crippen LogP contribution >= 0.6 is 23.2 Å². The standard InChI is InChI=1S/C19H18Cl2N2O2/c1-12-5-4-6-16(17(12)19(25)23-7-2-3-8-23)22-18(24)13-9-14(20)11-15(21)10-13/h4-6,9-11H,2-3,7-8H2,1H3,(H,22,24). The highest BCUT2D eigenvalue weighted by atomic mass is 35.5. The van der Waals surface area contributed by atoms with Crippen molar-refractivity contribution in [2.75, 3.05) is 18.4 Å². The Morgan fingerprint density at radius 3 is 2.32 bits per heavy atom. The number of nitrogens with zero attached hydrogens (tertiary/aromatic N) is 1. The minimum absolute atomic E-state index is 0.0463. The first kappa shape index (κ1) is 17.8. The van der Waals surface area contributed by atoms with Gasteiger partial charge in [0.25, 0.3) is 11.8 Å². The van der Waals surface area contributed by atoms with Crippen LogP contribution in [0.5, 0.6) is 0 Å². The number of hydrogen-bond acceptors (Lipinski definition) is 2. The van der Waals surface area contributed by atoms with E-state index >= 15 is 0 Å². The molecule has 4 nitrogen and oxygen atoms in total. The molecule has 0 aromatic heterocycles. The average Bonchev–Trinajstić information content (AvgIpc) is 3.08. The number of rotatable bonds is 3. The summed E-state index contributed by atoms with van der Waals surface area (Å²) in [7, 11) is 0. The molecule has 1 fully saturated rings. The lowest BCUT2D eigenvalue weighted by molar-refractivity contribution is 0.0793. The maximum Gasteiger partial charge on any atom is 0.256 e. The van der Waals surface area contributed by atoms with Gasteiger partial charge in [-0.3, -0.25) is 9.59 Å². The third-order valence-corrected chi connectivity index (χ3v) is 4.69. The molecule has 2 aromatic rings. The Morgan fingerprint density at radius 2 is 1.68 bits per heavy atom. The SMILES string of the molecule is Cc1cccc(NC(=O)c2cc(Cl)cc(Cl)c2)c1C(=O)N1CCCC1. The van der Waals surface area contributed by atoms with E-state index in [0.29, 0.717) is 26.9 Å². The maximum atomic E-state index is 12.8. The quantitative estimate of drug-likeness (QED) is 0.836. The van der Waals surface area contributed by atoms with Gasteiger partial charge in [-0.15, -0.1) is 0 Å². The number of carbonyl (C=O) groups is 2. The van der Waals surface area contributed by atoms with Crippen LogP contribution in [0.2, 0.25) is 10.0 Å². The van der Waals surface area contributed by atoms with Crippen molar-refractivity contribution in [2.45, 2.75) is 19.8 Å². The minimum atomic E-state index is -0.356. The summed E-state index contributed by atoms with van der Waals surface area (Å²) in [4.78, 5) is 27.2. The van der Waals surface area contributed by atoms with Crippen LogP contribution in [0.25, 0.3) is 0 Å². The van der Waals surface area contributed by atoms with E-state index in [4.69, 9.17) is 23.2 Å². The van der Waals surface area contributed by atoms with Gasteiger partial charge in [0.2, 0.25) is 0 Å². The molecule has 0 saturated carbocycles. The highest BCUT2D eigenvalue weighted by molar-refractivity contribution is 6.35. The Balaban J connectivity index is 1.90. The molecule has 0 spiro atoms. The lowest BCUT2D eigenvalue weighted by Gasteiger charge is -2.19. The number of likely N-dealkylation sites (tertiary alicyclic amines) is 1. The van der Waals surface area contributed by atoms with Crippen LogP contribution in [0, 0.1) is 6.92 Å². The van der Waals surface area contributed by atoms with Gasteiger partial charge in [0.05, 0.1) is 11.3 Å². The maximum absolute atomic E-state index is 12.8. The van der Waals surface area contributed by atoms with Gasteiger partial charge in [-0.05, 0) is 49.6 Å². The highest BCUT2D eigenvalue weighted by Crippen LogP contribution is 2.25. The zero-order valence-corrected chi connectivity index (χ0v) is 15.3. The number of halogens is 2. The predicted molar refractivity (Wildman–Crippen MR) is 101 cm³/mol. The van der Waals surface area contributed by atoms with Gasteiger partial charge in [-0.2, -0.15) is 0 Å². The Morgan fingerprint density at radius 1 is 1.04 bits per heavy atom. The molecule has 1 heterocycles. The third kappa shape index (κ3) is 3.97. The summed E-state index contributed by atoms with van der Waals surface area (Å²) in [6, 6.07) is 10.1. The third-order valence-electron chi connectivity index (χ3n) is 4.25. The summed E-state index contributed by atoms with van der Waals surface area (Å²) >= 11 is 11.9. The van der Waals surface area contributed by atoms with Gasteiger partial charge >= 0.3 is 0 Å². The molecule has 6 heteroatoms. The lowest BCUT2D eigenvalue weighted by Crippen LogP contribution is -2.29. The van der Waals surface area contributed by atoms with Crippen LogP contribution in [-0.4, -0.2) is 29.8 Å². The van der Waals surface area contributed by atoms with Crippen LogP contribution in [-0.2, 0) is 0 Å². The van der Waals surface area contributed by atoms with Crippen molar-refractivity contribution >= 4 is 40.7 Å².